The molecule has 7 heteroatoms. The lowest BCUT2D eigenvalue weighted by Crippen LogP contribution is -2.20. The highest BCUT2D eigenvalue weighted by atomic mass is 16.1. The van der Waals surface area contributed by atoms with Crippen molar-refractivity contribution in [3.8, 4) is 17.3 Å². The molecule has 0 bridgehead atoms. The molecule has 0 aliphatic heterocycles. The number of fused-ring (bicyclic) bond motifs is 1. The van der Waals surface area contributed by atoms with Crippen LogP contribution in [0.15, 0.2) is 70.7 Å². The Hall–Kier alpha value is -4.05. The molecule has 2 heterocycles. The van der Waals surface area contributed by atoms with Crippen molar-refractivity contribution in [2.45, 2.75) is 19.9 Å². The van der Waals surface area contributed by atoms with Gasteiger partial charge in [-0.25, -0.2) is 4.98 Å². The number of nitriles is 1. The van der Waals surface area contributed by atoms with Crippen molar-refractivity contribution in [2.24, 2.45) is 5.10 Å². The molecule has 142 valence electrons. The summed E-state index contributed by atoms with van der Waals surface area (Å²) in [6.07, 6.45) is 3.81. The maximum absolute atomic E-state index is 12.8. The van der Waals surface area contributed by atoms with E-state index < -0.39 is 0 Å². The summed E-state index contributed by atoms with van der Waals surface area (Å²) in [4.78, 5) is 17.3. The second-order valence-electron chi connectivity index (χ2n) is 6.51. The Morgan fingerprint density at radius 1 is 1.14 bits per heavy atom. The van der Waals surface area contributed by atoms with Gasteiger partial charge >= 0.3 is 0 Å². The van der Waals surface area contributed by atoms with Gasteiger partial charge in [0.15, 0.2) is 0 Å². The Bertz CT molecular complexity index is 1290. The summed E-state index contributed by atoms with van der Waals surface area (Å²) in [7, 11) is 0. The Kier molecular flexibility index (Phi) is 4.99. The van der Waals surface area contributed by atoms with Gasteiger partial charge in [-0.15, -0.1) is 0 Å². The molecular formula is C22H18N6O. The first-order chi connectivity index (χ1) is 14.2. The van der Waals surface area contributed by atoms with Crippen molar-refractivity contribution < 1.29 is 0 Å². The Morgan fingerprint density at radius 2 is 1.90 bits per heavy atom. The van der Waals surface area contributed by atoms with Crippen LogP contribution in [0, 0.1) is 18.3 Å². The first-order valence-electron chi connectivity index (χ1n) is 9.20. The van der Waals surface area contributed by atoms with Gasteiger partial charge in [0.25, 0.3) is 5.56 Å². The second kappa shape index (κ2) is 7.90. The molecule has 0 saturated carbocycles. The van der Waals surface area contributed by atoms with E-state index in [2.05, 4.69) is 21.3 Å². The maximum atomic E-state index is 12.8. The van der Waals surface area contributed by atoms with Crippen LogP contribution in [0.4, 0.5) is 0 Å². The van der Waals surface area contributed by atoms with E-state index in [1.165, 1.54) is 4.68 Å². The first-order valence-corrected chi connectivity index (χ1v) is 9.20. The molecule has 0 atom stereocenters. The Labute approximate surface area is 167 Å². The van der Waals surface area contributed by atoms with E-state index in [9.17, 15) is 4.79 Å². The average molecular weight is 382 g/mol. The molecule has 4 rings (SSSR count). The Morgan fingerprint density at radius 3 is 2.69 bits per heavy atom. The predicted octanol–water partition coefficient (Wildman–Crippen LogP) is 3.36. The van der Waals surface area contributed by atoms with Gasteiger partial charge in [-0.05, 0) is 19.1 Å². The maximum Gasteiger partial charge on any atom is 0.282 e. The normalized spacial score (nSPS) is 11.2. The lowest BCUT2D eigenvalue weighted by Gasteiger charge is -2.05. The molecule has 0 fully saturated rings. The zero-order valence-corrected chi connectivity index (χ0v) is 15.9. The summed E-state index contributed by atoms with van der Waals surface area (Å²) in [6, 6.07) is 19.1. The molecule has 0 radical (unpaired) electrons. The van der Waals surface area contributed by atoms with Crippen LogP contribution in [-0.2, 0) is 6.54 Å². The minimum absolute atomic E-state index is 0.220. The quantitative estimate of drug-likeness (QED) is 0.495. The summed E-state index contributed by atoms with van der Waals surface area (Å²) >= 11 is 0. The lowest BCUT2D eigenvalue weighted by molar-refractivity contribution is 0.629. The zero-order valence-electron chi connectivity index (χ0n) is 15.9. The van der Waals surface area contributed by atoms with Gasteiger partial charge in [0, 0.05) is 17.3 Å². The van der Waals surface area contributed by atoms with Crippen LogP contribution in [0.5, 0.6) is 0 Å². The van der Waals surface area contributed by atoms with Gasteiger partial charge in [0.2, 0.25) is 0 Å². The lowest BCUT2D eigenvalue weighted by atomic mass is 10.1. The second-order valence-corrected chi connectivity index (χ2v) is 6.51. The highest BCUT2D eigenvalue weighted by Crippen LogP contribution is 2.21. The summed E-state index contributed by atoms with van der Waals surface area (Å²) in [5, 5.41) is 18.4. The zero-order chi connectivity index (χ0) is 20.2. The molecule has 0 N–H and O–H groups in total. The van der Waals surface area contributed by atoms with E-state index in [1.54, 1.807) is 23.9 Å². The van der Waals surface area contributed by atoms with Crippen molar-refractivity contribution in [3.63, 3.8) is 0 Å². The Balaban J connectivity index is 1.79. The number of hydrogen-bond donors (Lipinski definition) is 0. The fourth-order valence-electron chi connectivity index (χ4n) is 3.12. The first kappa shape index (κ1) is 18.3. The third-order valence-corrected chi connectivity index (χ3v) is 4.52. The number of aromatic nitrogens is 4. The number of benzene rings is 2. The molecule has 0 aliphatic rings. The van der Waals surface area contributed by atoms with Crippen molar-refractivity contribution in [2.75, 3.05) is 0 Å². The number of rotatable bonds is 5. The van der Waals surface area contributed by atoms with Gasteiger partial charge in [-0.2, -0.15) is 20.1 Å². The molecule has 0 amide bonds. The fraction of sp³-hybridized carbons (Fsp3) is 0.136. The molecule has 0 spiro atoms. The van der Waals surface area contributed by atoms with Crippen molar-refractivity contribution in [1.29, 1.82) is 5.26 Å². The van der Waals surface area contributed by atoms with E-state index in [0.29, 0.717) is 29.7 Å². The number of para-hydroxylation sites is 1. The molecule has 29 heavy (non-hydrogen) atoms. The third-order valence-electron chi connectivity index (χ3n) is 4.52. The van der Waals surface area contributed by atoms with Crippen molar-refractivity contribution >= 4 is 17.1 Å². The minimum Gasteiger partial charge on any atom is -0.270 e. The summed E-state index contributed by atoms with van der Waals surface area (Å²) < 4.78 is 3.02. The van der Waals surface area contributed by atoms with E-state index >= 15 is 0 Å². The van der Waals surface area contributed by atoms with Gasteiger partial charge < -0.3 is 0 Å². The van der Waals surface area contributed by atoms with Crippen LogP contribution in [0.1, 0.15) is 17.8 Å². The van der Waals surface area contributed by atoms with E-state index in [1.807, 2.05) is 54.7 Å². The van der Waals surface area contributed by atoms with Crippen LogP contribution in [0.3, 0.4) is 0 Å². The molecular weight excluding hydrogens is 364 g/mol. The molecule has 2 aromatic carbocycles. The summed E-state index contributed by atoms with van der Waals surface area (Å²) in [5.74, 6) is 0.503. The number of aryl methyl sites for hydroxylation is 2. The van der Waals surface area contributed by atoms with E-state index in [4.69, 9.17) is 5.26 Å². The average Bonchev–Trinajstić information content (AvgIpc) is 3.16. The topological polar surface area (TPSA) is 88.9 Å². The molecule has 7 nitrogen and oxygen atoms in total. The van der Waals surface area contributed by atoms with Gasteiger partial charge in [-0.3, -0.25) is 9.48 Å². The van der Waals surface area contributed by atoms with Crippen LogP contribution in [-0.4, -0.2) is 25.7 Å². The highest BCUT2D eigenvalue weighted by Gasteiger charge is 2.11. The van der Waals surface area contributed by atoms with Gasteiger partial charge in [0.1, 0.15) is 11.5 Å². The van der Waals surface area contributed by atoms with Crippen LogP contribution in [0.2, 0.25) is 0 Å². The molecule has 0 saturated heterocycles. The number of nitrogens with zero attached hydrogens (tertiary/aromatic N) is 6. The summed E-state index contributed by atoms with van der Waals surface area (Å²) in [5.41, 5.74) is 2.86. The van der Waals surface area contributed by atoms with E-state index in [-0.39, 0.29) is 5.56 Å². The third kappa shape index (κ3) is 3.69. The molecule has 0 unspecified atom stereocenters. The van der Waals surface area contributed by atoms with Gasteiger partial charge in [-0.1, -0.05) is 42.5 Å². The molecule has 2 aromatic heterocycles. The fourth-order valence-corrected chi connectivity index (χ4v) is 3.12. The van der Waals surface area contributed by atoms with Gasteiger partial charge in [0.05, 0.1) is 36.2 Å². The molecule has 0 aliphatic carbocycles. The van der Waals surface area contributed by atoms with Crippen molar-refractivity contribution in [1.82, 2.24) is 19.4 Å². The number of hydrogen-bond acceptors (Lipinski definition) is 5. The summed E-state index contributed by atoms with van der Waals surface area (Å²) in [6.45, 7) is 2.24. The molecule has 4 aromatic rings. The largest absolute Gasteiger partial charge is 0.282 e. The standard InChI is InChI=1S/C22H18N6O/c1-16-25-20-11-6-5-10-19(20)22(29)28(16)24-14-18-15-27(13-7-12-23)26-21(18)17-8-3-2-4-9-17/h2-6,8-11,14-15H,7,13H2,1H3/b24-14-. The SMILES string of the molecule is Cc1nc2ccccc2c(=O)n1/N=C\c1cn(CCC#N)nc1-c1ccccc1. The van der Waals surface area contributed by atoms with Crippen LogP contribution in [0.25, 0.3) is 22.2 Å². The monoisotopic (exact) mass is 382 g/mol. The van der Waals surface area contributed by atoms with Crippen LogP contribution >= 0.6 is 0 Å². The highest BCUT2D eigenvalue weighted by molar-refractivity contribution is 5.88. The van der Waals surface area contributed by atoms with E-state index in [0.717, 1.165) is 16.8 Å². The predicted molar refractivity (Wildman–Crippen MR) is 112 cm³/mol. The van der Waals surface area contributed by atoms with Crippen LogP contribution < -0.4 is 5.56 Å². The minimum atomic E-state index is -0.220. The smallest absolute Gasteiger partial charge is 0.270 e. The van der Waals surface area contributed by atoms with Crippen molar-refractivity contribution in [3.05, 3.63) is 82.5 Å².